The van der Waals surface area contributed by atoms with E-state index in [4.69, 9.17) is 4.74 Å². The number of amides is 1. The second kappa shape index (κ2) is 5.88. The van der Waals surface area contributed by atoms with Crippen molar-refractivity contribution in [2.45, 2.75) is 18.8 Å². The standard InChI is InChI=1S/C16H20N4O2/c1-12-17-14(19-18-12)8-15(21)20-9-16(10-20,11-22-2)13-6-4-3-5-7-13/h3-7H,8-11H2,1-2H3,(H,17,18,19). The third-order valence-electron chi connectivity index (χ3n) is 4.10. The van der Waals surface area contributed by atoms with Gasteiger partial charge >= 0.3 is 0 Å². The minimum Gasteiger partial charge on any atom is -0.384 e. The number of rotatable bonds is 5. The summed E-state index contributed by atoms with van der Waals surface area (Å²) in [6, 6.07) is 10.2. The molecule has 0 aliphatic carbocycles. The van der Waals surface area contributed by atoms with Crippen LogP contribution in [0.3, 0.4) is 0 Å². The van der Waals surface area contributed by atoms with Crippen molar-refractivity contribution in [3.63, 3.8) is 0 Å². The maximum absolute atomic E-state index is 12.3. The fraction of sp³-hybridized carbons (Fsp3) is 0.438. The van der Waals surface area contributed by atoms with Crippen LogP contribution in [0.5, 0.6) is 0 Å². The molecule has 1 aromatic carbocycles. The molecule has 1 aromatic heterocycles. The van der Waals surface area contributed by atoms with E-state index in [1.807, 2.05) is 30.0 Å². The van der Waals surface area contributed by atoms with E-state index in [1.165, 1.54) is 5.56 Å². The van der Waals surface area contributed by atoms with Gasteiger partial charge in [0.1, 0.15) is 5.82 Å². The number of carbonyl (C=O) groups is 1. The number of aromatic nitrogens is 3. The van der Waals surface area contributed by atoms with Gasteiger partial charge in [-0.3, -0.25) is 9.89 Å². The lowest BCUT2D eigenvalue weighted by atomic mass is 9.74. The van der Waals surface area contributed by atoms with Gasteiger partial charge in [-0.1, -0.05) is 30.3 Å². The lowest BCUT2D eigenvalue weighted by molar-refractivity contribution is -0.140. The molecule has 1 aliphatic heterocycles. The summed E-state index contributed by atoms with van der Waals surface area (Å²) in [7, 11) is 1.70. The van der Waals surface area contributed by atoms with Crippen LogP contribution in [0.15, 0.2) is 30.3 Å². The summed E-state index contributed by atoms with van der Waals surface area (Å²) in [5.41, 5.74) is 1.12. The molecular formula is C16H20N4O2. The van der Waals surface area contributed by atoms with Crippen molar-refractivity contribution >= 4 is 5.91 Å². The van der Waals surface area contributed by atoms with Crippen molar-refractivity contribution in [1.29, 1.82) is 0 Å². The van der Waals surface area contributed by atoms with Crippen molar-refractivity contribution in [3.05, 3.63) is 47.5 Å². The Labute approximate surface area is 129 Å². The van der Waals surface area contributed by atoms with Crippen molar-refractivity contribution in [2.75, 3.05) is 26.8 Å². The molecule has 1 saturated heterocycles. The van der Waals surface area contributed by atoms with Gasteiger partial charge < -0.3 is 9.64 Å². The zero-order valence-corrected chi connectivity index (χ0v) is 12.9. The molecule has 2 heterocycles. The first-order valence-corrected chi connectivity index (χ1v) is 7.33. The molecule has 0 spiro atoms. The Bertz CT molecular complexity index is 647. The summed E-state index contributed by atoms with van der Waals surface area (Å²) in [5.74, 6) is 1.33. The molecule has 1 N–H and O–H groups in total. The number of aryl methyl sites for hydroxylation is 1. The highest BCUT2D eigenvalue weighted by Crippen LogP contribution is 2.35. The van der Waals surface area contributed by atoms with E-state index in [-0.39, 0.29) is 17.7 Å². The van der Waals surface area contributed by atoms with Crippen LogP contribution in [0, 0.1) is 6.92 Å². The van der Waals surface area contributed by atoms with Crippen molar-refractivity contribution in [2.24, 2.45) is 0 Å². The van der Waals surface area contributed by atoms with Gasteiger partial charge in [-0.15, -0.1) is 0 Å². The quantitative estimate of drug-likeness (QED) is 0.897. The molecule has 116 valence electrons. The number of H-pyrrole nitrogens is 1. The van der Waals surface area contributed by atoms with Gasteiger partial charge in [0.25, 0.3) is 0 Å². The summed E-state index contributed by atoms with van der Waals surface area (Å²) in [6.45, 7) is 3.78. The van der Waals surface area contributed by atoms with E-state index in [9.17, 15) is 4.79 Å². The summed E-state index contributed by atoms with van der Waals surface area (Å²) in [6.07, 6.45) is 0.238. The van der Waals surface area contributed by atoms with E-state index >= 15 is 0 Å². The molecule has 6 heteroatoms. The van der Waals surface area contributed by atoms with Crippen LogP contribution in [-0.4, -0.2) is 52.8 Å². The molecule has 0 bridgehead atoms. The molecule has 0 unspecified atom stereocenters. The minimum atomic E-state index is -0.0966. The molecular weight excluding hydrogens is 280 g/mol. The van der Waals surface area contributed by atoms with Crippen LogP contribution in [-0.2, 0) is 21.4 Å². The van der Waals surface area contributed by atoms with Crippen LogP contribution < -0.4 is 0 Å². The van der Waals surface area contributed by atoms with Crippen LogP contribution in [0.25, 0.3) is 0 Å². The summed E-state index contributed by atoms with van der Waals surface area (Å²) < 4.78 is 5.39. The van der Waals surface area contributed by atoms with Gasteiger partial charge in [0, 0.05) is 20.2 Å². The average Bonchev–Trinajstić information content (AvgIpc) is 2.88. The van der Waals surface area contributed by atoms with Gasteiger partial charge in [0.15, 0.2) is 5.82 Å². The number of hydrogen-bond donors (Lipinski definition) is 1. The highest BCUT2D eigenvalue weighted by atomic mass is 16.5. The van der Waals surface area contributed by atoms with E-state index < -0.39 is 0 Å². The third-order valence-corrected chi connectivity index (χ3v) is 4.10. The minimum absolute atomic E-state index is 0.0571. The Morgan fingerprint density at radius 1 is 1.36 bits per heavy atom. The zero-order valence-electron chi connectivity index (χ0n) is 12.9. The third kappa shape index (κ3) is 2.74. The Balaban J connectivity index is 1.66. The molecule has 2 aromatic rings. The number of aromatic amines is 1. The van der Waals surface area contributed by atoms with Crippen LogP contribution in [0.1, 0.15) is 17.2 Å². The Kier molecular flexibility index (Phi) is 3.94. The second-order valence-electron chi connectivity index (χ2n) is 5.84. The van der Waals surface area contributed by atoms with Crippen molar-refractivity contribution < 1.29 is 9.53 Å². The van der Waals surface area contributed by atoms with E-state index in [0.717, 1.165) is 5.82 Å². The van der Waals surface area contributed by atoms with Crippen LogP contribution >= 0.6 is 0 Å². The van der Waals surface area contributed by atoms with Gasteiger partial charge in [0.2, 0.25) is 5.91 Å². The van der Waals surface area contributed by atoms with Crippen molar-refractivity contribution in [1.82, 2.24) is 20.1 Å². The first-order chi connectivity index (χ1) is 10.6. The Morgan fingerprint density at radius 3 is 2.68 bits per heavy atom. The number of benzene rings is 1. The van der Waals surface area contributed by atoms with Gasteiger partial charge in [-0.25, -0.2) is 4.98 Å². The molecule has 6 nitrogen and oxygen atoms in total. The summed E-state index contributed by atoms with van der Waals surface area (Å²) in [5, 5.41) is 6.78. The van der Waals surface area contributed by atoms with Crippen LogP contribution in [0.4, 0.5) is 0 Å². The maximum Gasteiger partial charge on any atom is 0.230 e. The smallest absolute Gasteiger partial charge is 0.230 e. The van der Waals surface area contributed by atoms with E-state index in [2.05, 4.69) is 27.3 Å². The highest BCUT2D eigenvalue weighted by molar-refractivity contribution is 5.79. The molecule has 3 rings (SSSR count). The monoisotopic (exact) mass is 300 g/mol. The van der Waals surface area contributed by atoms with Gasteiger partial charge in [-0.2, -0.15) is 5.10 Å². The lowest BCUT2D eigenvalue weighted by Crippen LogP contribution is -2.63. The molecule has 0 atom stereocenters. The Morgan fingerprint density at radius 2 is 2.09 bits per heavy atom. The Hall–Kier alpha value is -2.21. The lowest BCUT2D eigenvalue weighted by Gasteiger charge is -2.50. The normalized spacial score (nSPS) is 16.4. The number of hydrogen-bond acceptors (Lipinski definition) is 4. The number of nitrogens with one attached hydrogen (secondary N) is 1. The zero-order chi connectivity index (χ0) is 15.6. The predicted octanol–water partition coefficient (Wildman–Crippen LogP) is 1.08. The van der Waals surface area contributed by atoms with Gasteiger partial charge in [0.05, 0.1) is 18.4 Å². The molecule has 0 saturated carbocycles. The molecule has 1 aliphatic rings. The molecule has 22 heavy (non-hydrogen) atoms. The van der Waals surface area contributed by atoms with Crippen molar-refractivity contribution in [3.8, 4) is 0 Å². The SMILES string of the molecule is COCC1(c2ccccc2)CN(C(=O)Cc2n[nH]c(C)n2)C1. The average molecular weight is 300 g/mol. The fourth-order valence-corrected chi connectivity index (χ4v) is 3.00. The summed E-state index contributed by atoms with van der Waals surface area (Å²) >= 11 is 0. The summed E-state index contributed by atoms with van der Waals surface area (Å²) in [4.78, 5) is 18.3. The molecule has 1 fully saturated rings. The maximum atomic E-state index is 12.3. The van der Waals surface area contributed by atoms with Gasteiger partial charge in [-0.05, 0) is 12.5 Å². The number of carbonyl (C=O) groups excluding carboxylic acids is 1. The fourth-order valence-electron chi connectivity index (χ4n) is 3.00. The highest BCUT2D eigenvalue weighted by Gasteiger charge is 2.46. The number of nitrogens with zero attached hydrogens (tertiary/aromatic N) is 3. The van der Waals surface area contributed by atoms with Crippen LogP contribution in [0.2, 0.25) is 0 Å². The second-order valence-corrected chi connectivity index (χ2v) is 5.84. The number of likely N-dealkylation sites (tertiary alicyclic amines) is 1. The molecule has 0 radical (unpaired) electrons. The van der Waals surface area contributed by atoms with E-state index in [1.54, 1.807) is 7.11 Å². The molecule has 1 amide bonds. The van der Waals surface area contributed by atoms with E-state index in [0.29, 0.717) is 25.5 Å². The number of ether oxygens (including phenoxy) is 1. The number of methoxy groups -OCH3 is 1. The topological polar surface area (TPSA) is 71.1 Å². The predicted molar refractivity (Wildman–Crippen MR) is 81.4 cm³/mol. The first kappa shape index (κ1) is 14.7. The largest absolute Gasteiger partial charge is 0.384 e. The first-order valence-electron chi connectivity index (χ1n) is 7.33.